The molecule has 0 unspecified atom stereocenters. The van der Waals surface area contributed by atoms with Crippen LogP contribution < -0.4 is 5.32 Å². The molecule has 1 N–H and O–H groups in total. The van der Waals surface area contributed by atoms with Gasteiger partial charge in [0.05, 0.1) is 30.5 Å². The summed E-state index contributed by atoms with van der Waals surface area (Å²) in [6.07, 6.45) is 1.14. The number of aryl methyl sites for hydroxylation is 2. The normalized spacial score (nSPS) is 17.0. The van der Waals surface area contributed by atoms with E-state index in [1.165, 1.54) is 18.2 Å². The van der Waals surface area contributed by atoms with Crippen molar-refractivity contribution in [1.29, 1.82) is 0 Å². The van der Waals surface area contributed by atoms with Gasteiger partial charge in [0.25, 0.3) is 0 Å². The number of anilines is 1. The third kappa shape index (κ3) is 5.33. The maximum atomic E-state index is 13.2. The first kappa shape index (κ1) is 19.4. The van der Waals surface area contributed by atoms with Crippen molar-refractivity contribution in [3.8, 4) is 0 Å². The molecule has 2 amide bonds. The predicted octanol–water partition coefficient (Wildman–Crippen LogP) is 2.78. The molecule has 27 heavy (non-hydrogen) atoms. The average Bonchev–Trinajstić information content (AvgIpc) is 3.05. The molecular formula is C19H22FN3O3S. The number of carbonyl (C=O) groups excluding carboxylic acids is 2. The summed E-state index contributed by atoms with van der Waals surface area (Å²) < 4.78 is 18.7. The van der Waals surface area contributed by atoms with Crippen LogP contribution in [0.1, 0.15) is 23.4 Å². The maximum absolute atomic E-state index is 13.2. The van der Waals surface area contributed by atoms with E-state index in [2.05, 4.69) is 10.3 Å². The number of benzene rings is 1. The molecule has 144 valence electrons. The van der Waals surface area contributed by atoms with E-state index < -0.39 is 5.82 Å². The fourth-order valence-corrected chi connectivity index (χ4v) is 3.86. The second-order valence-electron chi connectivity index (χ2n) is 6.44. The number of rotatable bonds is 6. The van der Waals surface area contributed by atoms with Crippen molar-refractivity contribution in [2.45, 2.75) is 32.2 Å². The first-order valence-electron chi connectivity index (χ1n) is 8.84. The van der Waals surface area contributed by atoms with E-state index in [-0.39, 0.29) is 24.3 Å². The number of nitrogens with zero attached hydrogens (tertiary/aromatic N) is 2. The summed E-state index contributed by atoms with van der Waals surface area (Å²) in [5.41, 5.74) is 3.14. The van der Waals surface area contributed by atoms with Crippen LogP contribution in [-0.2, 0) is 20.7 Å². The van der Waals surface area contributed by atoms with E-state index >= 15 is 0 Å². The van der Waals surface area contributed by atoms with Crippen molar-refractivity contribution in [1.82, 2.24) is 9.88 Å². The predicted molar refractivity (Wildman–Crippen MR) is 101 cm³/mol. The molecule has 0 radical (unpaired) electrons. The SMILES string of the molecule is Cc1ncsc1CCC(=O)N1CCOC[C@@H]1CC(=O)Nc1cccc(F)c1. The summed E-state index contributed by atoms with van der Waals surface area (Å²) >= 11 is 1.55. The number of halogens is 1. The van der Waals surface area contributed by atoms with Gasteiger partial charge in [0.1, 0.15) is 5.82 Å². The number of ether oxygens (including phenoxy) is 1. The van der Waals surface area contributed by atoms with Gasteiger partial charge in [-0.2, -0.15) is 0 Å². The Bertz CT molecular complexity index is 811. The van der Waals surface area contributed by atoms with Crippen LogP contribution in [-0.4, -0.2) is 47.5 Å². The van der Waals surface area contributed by atoms with E-state index in [0.29, 0.717) is 38.3 Å². The summed E-state index contributed by atoms with van der Waals surface area (Å²) in [6.45, 7) is 3.19. The fraction of sp³-hybridized carbons (Fsp3) is 0.421. The van der Waals surface area contributed by atoms with Gasteiger partial charge in [-0.25, -0.2) is 9.37 Å². The van der Waals surface area contributed by atoms with Gasteiger partial charge in [0.15, 0.2) is 0 Å². The lowest BCUT2D eigenvalue weighted by Crippen LogP contribution is -2.50. The topological polar surface area (TPSA) is 71.5 Å². The molecule has 0 aliphatic carbocycles. The molecular weight excluding hydrogens is 369 g/mol. The molecule has 2 aromatic rings. The minimum absolute atomic E-state index is 0.00894. The number of thiazole rings is 1. The minimum atomic E-state index is -0.413. The molecule has 0 bridgehead atoms. The van der Waals surface area contributed by atoms with E-state index in [9.17, 15) is 14.0 Å². The summed E-state index contributed by atoms with van der Waals surface area (Å²) in [6, 6.07) is 5.41. The number of morpholine rings is 1. The van der Waals surface area contributed by atoms with Gasteiger partial charge in [0.2, 0.25) is 11.8 Å². The van der Waals surface area contributed by atoms with Crippen LogP contribution in [0.25, 0.3) is 0 Å². The Morgan fingerprint density at radius 3 is 3.04 bits per heavy atom. The molecule has 3 rings (SSSR count). The molecule has 0 spiro atoms. The van der Waals surface area contributed by atoms with E-state index in [4.69, 9.17) is 4.74 Å². The van der Waals surface area contributed by atoms with Crippen molar-refractivity contribution < 1.29 is 18.7 Å². The van der Waals surface area contributed by atoms with Crippen molar-refractivity contribution in [2.24, 2.45) is 0 Å². The summed E-state index contributed by atoms with van der Waals surface area (Å²) in [5.74, 6) is -0.675. The Balaban J connectivity index is 1.56. The van der Waals surface area contributed by atoms with Crippen LogP contribution in [0.15, 0.2) is 29.8 Å². The molecule has 2 heterocycles. The molecule has 0 saturated carbocycles. The number of carbonyl (C=O) groups is 2. The van der Waals surface area contributed by atoms with Gasteiger partial charge in [-0.3, -0.25) is 9.59 Å². The smallest absolute Gasteiger partial charge is 0.226 e. The van der Waals surface area contributed by atoms with Gasteiger partial charge in [-0.15, -0.1) is 11.3 Å². The third-order valence-electron chi connectivity index (χ3n) is 4.49. The lowest BCUT2D eigenvalue weighted by Gasteiger charge is -2.35. The van der Waals surface area contributed by atoms with Gasteiger partial charge >= 0.3 is 0 Å². The quantitative estimate of drug-likeness (QED) is 0.822. The first-order valence-corrected chi connectivity index (χ1v) is 9.72. The van der Waals surface area contributed by atoms with Crippen molar-refractivity contribution in [2.75, 3.05) is 25.1 Å². The molecule has 1 aliphatic rings. The van der Waals surface area contributed by atoms with E-state index in [1.54, 1.807) is 27.8 Å². The summed E-state index contributed by atoms with van der Waals surface area (Å²) in [7, 11) is 0. The number of nitrogens with one attached hydrogen (secondary N) is 1. The highest BCUT2D eigenvalue weighted by molar-refractivity contribution is 7.09. The van der Waals surface area contributed by atoms with E-state index in [0.717, 1.165) is 10.6 Å². The summed E-state index contributed by atoms with van der Waals surface area (Å²) in [4.78, 5) is 32.0. The zero-order chi connectivity index (χ0) is 19.2. The second-order valence-corrected chi connectivity index (χ2v) is 7.38. The van der Waals surface area contributed by atoms with Crippen LogP contribution >= 0.6 is 11.3 Å². The molecule has 6 nitrogen and oxygen atoms in total. The van der Waals surface area contributed by atoms with Gasteiger partial charge in [0, 0.05) is 30.0 Å². The molecule has 8 heteroatoms. The lowest BCUT2D eigenvalue weighted by atomic mass is 10.1. The number of hydrogen-bond donors (Lipinski definition) is 1. The van der Waals surface area contributed by atoms with Crippen molar-refractivity contribution in [3.05, 3.63) is 46.2 Å². The molecule has 1 saturated heterocycles. The number of hydrogen-bond acceptors (Lipinski definition) is 5. The van der Waals surface area contributed by atoms with Crippen LogP contribution in [0.5, 0.6) is 0 Å². The Morgan fingerprint density at radius 2 is 2.30 bits per heavy atom. The van der Waals surface area contributed by atoms with E-state index in [1.807, 2.05) is 6.92 Å². The van der Waals surface area contributed by atoms with Crippen LogP contribution in [0.3, 0.4) is 0 Å². The first-order chi connectivity index (χ1) is 13.0. The van der Waals surface area contributed by atoms with Gasteiger partial charge < -0.3 is 15.0 Å². The molecule has 1 aromatic heterocycles. The summed E-state index contributed by atoms with van der Waals surface area (Å²) in [5, 5.41) is 2.67. The standard InChI is InChI=1S/C19H22FN3O3S/c1-13-17(27-12-21-13)5-6-19(25)23-7-8-26-11-16(23)10-18(24)22-15-4-2-3-14(20)9-15/h2-4,9,12,16H,5-8,10-11H2,1H3,(H,22,24)/t16-/m0/s1. The largest absolute Gasteiger partial charge is 0.377 e. The highest BCUT2D eigenvalue weighted by Crippen LogP contribution is 2.18. The Hall–Kier alpha value is -2.32. The lowest BCUT2D eigenvalue weighted by molar-refractivity contribution is -0.141. The van der Waals surface area contributed by atoms with Crippen LogP contribution in [0, 0.1) is 12.7 Å². The van der Waals surface area contributed by atoms with Crippen molar-refractivity contribution >= 4 is 28.8 Å². The van der Waals surface area contributed by atoms with Crippen molar-refractivity contribution in [3.63, 3.8) is 0 Å². The Morgan fingerprint density at radius 1 is 1.44 bits per heavy atom. The molecule has 1 fully saturated rings. The minimum Gasteiger partial charge on any atom is -0.377 e. The maximum Gasteiger partial charge on any atom is 0.226 e. The van der Waals surface area contributed by atoms with Gasteiger partial charge in [-0.1, -0.05) is 6.07 Å². The monoisotopic (exact) mass is 391 g/mol. The van der Waals surface area contributed by atoms with Gasteiger partial charge in [-0.05, 0) is 31.5 Å². The zero-order valence-corrected chi connectivity index (χ0v) is 15.9. The fourth-order valence-electron chi connectivity index (χ4n) is 3.07. The van der Waals surface area contributed by atoms with Crippen LogP contribution in [0.4, 0.5) is 10.1 Å². The number of aromatic nitrogens is 1. The zero-order valence-electron chi connectivity index (χ0n) is 15.1. The number of amides is 2. The highest BCUT2D eigenvalue weighted by Gasteiger charge is 2.29. The molecule has 1 aliphatic heterocycles. The Kier molecular flexibility index (Phi) is 6.52. The average molecular weight is 391 g/mol. The molecule has 1 aromatic carbocycles. The van der Waals surface area contributed by atoms with Crippen LogP contribution in [0.2, 0.25) is 0 Å². The molecule has 1 atom stereocenters. The second kappa shape index (κ2) is 9.05. The Labute approximate surface area is 161 Å². The third-order valence-corrected chi connectivity index (χ3v) is 5.48. The highest BCUT2D eigenvalue weighted by atomic mass is 32.1.